The minimum absolute atomic E-state index is 0.0276. The molecule has 0 spiro atoms. The van der Waals surface area contributed by atoms with Crippen molar-refractivity contribution in [2.75, 3.05) is 47.8 Å². The number of carbonyl (C=O) groups excluding carboxylic acids is 2. The molecule has 2 aromatic carbocycles. The number of methoxy groups -OCH3 is 1. The Morgan fingerprint density at radius 1 is 0.889 bits per heavy atom. The zero-order valence-electron chi connectivity index (χ0n) is 25.1. The van der Waals surface area contributed by atoms with Crippen LogP contribution >= 0.6 is 0 Å². The fourth-order valence-electron chi connectivity index (χ4n) is 4.58. The van der Waals surface area contributed by atoms with Crippen molar-refractivity contribution in [3.8, 4) is 5.75 Å². The van der Waals surface area contributed by atoms with Gasteiger partial charge in [-0.3, -0.25) is 0 Å². The quantitative estimate of drug-likeness (QED) is 0.0474. The van der Waals surface area contributed by atoms with Gasteiger partial charge in [0.1, 0.15) is 24.4 Å². The first-order valence-electron chi connectivity index (χ1n) is 14.0. The summed E-state index contributed by atoms with van der Waals surface area (Å²) in [5, 5.41) is 0. The van der Waals surface area contributed by atoms with Gasteiger partial charge in [-0.1, -0.05) is 49.6 Å². The Morgan fingerprint density at radius 3 is 2.33 bits per heavy atom. The van der Waals surface area contributed by atoms with Crippen molar-refractivity contribution in [2.45, 2.75) is 18.3 Å². The molecular weight excluding hydrogens is 588 g/mol. The molecule has 2 saturated heterocycles. The van der Waals surface area contributed by atoms with Crippen LogP contribution in [0, 0.1) is 5.92 Å². The Labute approximate surface area is 261 Å². The molecule has 45 heavy (non-hydrogen) atoms. The smallest absolute Gasteiger partial charge is 0.333 e. The van der Waals surface area contributed by atoms with Gasteiger partial charge in [0.15, 0.2) is 18.7 Å². The summed E-state index contributed by atoms with van der Waals surface area (Å²) in [6.45, 7) is 7.63. The first-order chi connectivity index (χ1) is 21.9. The first kappa shape index (κ1) is 33.4. The van der Waals surface area contributed by atoms with Crippen molar-refractivity contribution < 1.29 is 57.3 Å². The van der Waals surface area contributed by atoms with Crippen LogP contribution in [0.1, 0.15) is 16.7 Å². The van der Waals surface area contributed by atoms with Crippen LogP contribution < -0.4 is 4.74 Å². The summed E-state index contributed by atoms with van der Waals surface area (Å²) in [6, 6.07) is 14.4. The molecule has 2 fully saturated rings. The topological polar surface area (TPSA) is 126 Å². The molecule has 0 unspecified atom stereocenters. The third kappa shape index (κ3) is 9.76. The van der Waals surface area contributed by atoms with Crippen molar-refractivity contribution in [1.29, 1.82) is 0 Å². The standard InChI is InChI=1S/C33H36O12/c1-5-30(34)43-21-42-26-13-8-23(9-14-26)10-15-31(35)44-29-18-40-32-27(17-39-33(29)32)28(45-37-4)16-24-6-11-25(12-7-24)22(2)41-20-38-19-36-3/h5-16,27,29,32-33H,1-2,17-21H2,3-4H3/b15-10+,28-16?/t27-,29-,32-,33-/m1/s1. The maximum absolute atomic E-state index is 12.6. The van der Waals surface area contributed by atoms with E-state index in [1.54, 1.807) is 30.3 Å². The Kier molecular flexibility index (Phi) is 12.7. The molecule has 0 aliphatic carbocycles. The van der Waals surface area contributed by atoms with Crippen LogP contribution in [0.2, 0.25) is 0 Å². The van der Waals surface area contributed by atoms with Crippen molar-refractivity contribution in [1.82, 2.24) is 0 Å². The number of benzene rings is 2. The van der Waals surface area contributed by atoms with Gasteiger partial charge in [0.2, 0.25) is 6.79 Å². The van der Waals surface area contributed by atoms with E-state index < -0.39 is 30.3 Å². The fourth-order valence-corrected chi connectivity index (χ4v) is 4.58. The lowest BCUT2D eigenvalue weighted by Gasteiger charge is -2.18. The number of hydrogen-bond donors (Lipinski definition) is 0. The predicted octanol–water partition coefficient (Wildman–Crippen LogP) is 4.28. The van der Waals surface area contributed by atoms with Crippen LogP contribution in [0.5, 0.6) is 5.75 Å². The lowest BCUT2D eigenvalue weighted by atomic mass is 9.97. The summed E-state index contributed by atoms with van der Waals surface area (Å²) in [6.07, 6.45) is 4.38. The Hall–Kier alpha value is -4.46. The minimum Gasteiger partial charge on any atom is -0.467 e. The maximum atomic E-state index is 12.6. The number of ether oxygens (including phenoxy) is 8. The number of hydrogen-bond acceptors (Lipinski definition) is 12. The Morgan fingerprint density at radius 2 is 1.62 bits per heavy atom. The van der Waals surface area contributed by atoms with Gasteiger partial charge in [0.05, 0.1) is 32.3 Å². The number of carbonyl (C=O) groups is 2. The van der Waals surface area contributed by atoms with Crippen LogP contribution in [-0.4, -0.2) is 78.1 Å². The summed E-state index contributed by atoms with van der Waals surface area (Å²) >= 11 is 0. The van der Waals surface area contributed by atoms with Crippen LogP contribution in [0.25, 0.3) is 17.9 Å². The van der Waals surface area contributed by atoms with E-state index in [1.807, 2.05) is 30.3 Å². The monoisotopic (exact) mass is 624 g/mol. The van der Waals surface area contributed by atoms with Crippen molar-refractivity contribution in [2.24, 2.45) is 5.92 Å². The summed E-state index contributed by atoms with van der Waals surface area (Å²) in [5.41, 5.74) is 2.38. The van der Waals surface area contributed by atoms with Gasteiger partial charge < -0.3 is 42.8 Å². The van der Waals surface area contributed by atoms with Crippen molar-refractivity contribution >= 4 is 29.8 Å². The molecule has 240 valence electrons. The van der Waals surface area contributed by atoms with Gasteiger partial charge in [0, 0.05) is 24.8 Å². The molecule has 0 bridgehead atoms. The number of rotatable bonds is 17. The van der Waals surface area contributed by atoms with Gasteiger partial charge in [-0.2, -0.15) is 4.89 Å². The molecule has 0 aromatic heterocycles. The van der Waals surface area contributed by atoms with Crippen molar-refractivity contribution in [3.05, 3.63) is 96.3 Å². The van der Waals surface area contributed by atoms with Gasteiger partial charge >= 0.3 is 11.9 Å². The second-order valence-electron chi connectivity index (χ2n) is 9.72. The molecule has 0 amide bonds. The minimum atomic E-state index is -0.590. The summed E-state index contributed by atoms with van der Waals surface area (Å²) in [5.74, 6) is 0.0762. The molecule has 0 saturated carbocycles. The lowest BCUT2D eigenvalue weighted by molar-refractivity contribution is -0.245. The van der Waals surface area contributed by atoms with Crippen LogP contribution in [0.4, 0.5) is 0 Å². The second kappa shape index (κ2) is 17.1. The Balaban J connectivity index is 1.29. The van der Waals surface area contributed by atoms with E-state index in [1.165, 1.54) is 20.3 Å². The van der Waals surface area contributed by atoms with E-state index in [4.69, 9.17) is 47.7 Å². The zero-order chi connectivity index (χ0) is 32.0. The molecular formula is C33H36O12. The highest BCUT2D eigenvalue weighted by atomic mass is 17.2. The molecule has 12 nitrogen and oxygen atoms in total. The van der Waals surface area contributed by atoms with Gasteiger partial charge in [-0.15, -0.1) is 0 Å². The molecule has 2 aliphatic heterocycles. The van der Waals surface area contributed by atoms with Gasteiger partial charge in [-0.25, -0.2) is 9.59 Å². The van der Waals surface area contributed by atoms with Crippen LogP contribution in [0.3, 0.4) is 0 Å². The average Bonchev–Trinajstić information content (AvgIpc) is 3.65. The van der Waals surface area contributed by atoms with E-state index in [0.717, 1.165) is 22.8 Å². The number of esters is 2. The fraction of sp³-hybridized carbons (Fsp3) is 0.333. The van der Waals surface area contributed by atoms with Gasteiger partial charge in [-0.05, 0) is 35.4 Å². The molecule has 2 aliphatic rings. The average molecular weight is 625 g/mol. The van der Waals surface area contributed by atoms with Crippen LogP contribution in [0.15, 0.2) is 79.6 Å². The maximum Gasteiger partial charge on any atom is 0.333 e. The van der Waals surface area contributed by atoms with Crippen molar-refractivity contribution in [3.63, 3.8) is 0 Å². The summed E-state index contributed by atoms with van der Waals surface area (Å²) < 4.78 is 43.2. The lowest BCUT2D eigenvalue weighted by Crippen LogP contribution is -2.33. The highest BCUT2D eigenvalue weighted by Gasteiger charge is 2.51. The van der Waals surface area contributed by atoms with E-state index in [9.17, 15) is 9.59 Å². The zero-order valence-corrected chi connectivity index (χ0v) is 25.1. The van der Waals surface area contributed by atoms with E-state index >= 15 is 0 Å². The van der Waals surface area contributed by atoms with Gasteiger partial charge in [0.25, 0.3) is 0 Å². The van der Waals surface area contributed by atoms with E-state index in [2.05, 4.69) is 13.2 Å². The molecule has 2 heterocycles. The van der Waals surface area contributed by atoms with Crippen LogP contribution in [-0.2, 0) is 52.5 Å². The molecule has 0 radical (unpaired) electrons. The van der Waals surface area contributed by atoms with E-state index in [0.29, 0.717) is 23.9 Å². The second-order valence-corrected chi connectivity index (χ2v) is 9.72. The third-order valence-corrected chi connectivity index (χ3v) is 6.77. The molecule has 4 rings (SSSR count). The highest BCUT2D eigenvalue weighted by Crippen LogP contribution is 2.37. The Bertz CT molecular complexity index is 1350. The normalized spacial score (nSPS) is 20.8. The highest BCUT2D eigenvalue weighted by molar-refractivity contribution is 5.87. The third-order valence-electron chi connectivity index (χ3n) is 6.77. The number of fused-ring (bicyclic) bond motifs is 1. The molecule has 0 N–H and O–H groups in total. The summed E-state index contributed by atoms with van der Waals surface area (Å²) in [4.78, 5) is 34.2. The predicted molar refractivity (Wildman–Crippen MR) is 161 cm³/mol. The summed E-state index contributed by atoms with van der Waals surface area (Å²) in [7, 11) is 2.95. The molecule has 12 heteroatoms. The first-order valence-corrected chi connectivity index (χ1v) is 14.0. The largest absolute Gasteiger partial charge is 0.467 e. The molecule has 4 atom stereocenters. The van der Waals surface area contributed by atoms with E-state index in [-0.39, 0.29) is 32.9 Å². The molecule has 2 aromatic rings. The SMILES string of the molecule is C=CC(=O)OCOc1ccc(/C=C/C(=O)O[C@@H]2CO[C@H]3[C@@H]2OC[C@@H]3C(=Cc2ccc(C(=C)OCOCOC)cc2)OOC)cc1.